The Labute approximate surface area is 109 Å². The van der Waals surface area contributed by atoms with Gasteiger partial charge in [0.25, 0.3) is 0 Å². The molecular weight excluding hydrogens is 260 g/mol. The number of nitrogens with zero attached hydrogens (tertiary/aromatic N) is 2. The van der Waals surface area contributed by atoms with Gasteiger partial charge in [0.15, 0.2) is 0 Å². The van der Waals surface area contributed by atoms with E-state index in [0.29, 0.717) is 18.5 Å². The summed E-state index contributed by atoms with van der Waals surface area (Å²) in [5, 5.41) is 8.68. The number of nitriles is 1. The summed E-state index contributed by atoms with van der Waals surface area (Å²) in [6.07, 6.45) is -3.68. The summed E-state index contributed by atoms with van der Waals surface area (Å²) in [4.78, 5) is 1.23. The van der Waals surface area contributed by atoms with Crippen molar-refractivity contribution >= 4 is 0 Å². The predicted octanol–water partition coefficient (Wildman–Crippen LogP) is 3.47. The number of halogens is 4. The lowest BCUT2D eigenvalue weighted by atomic mass is 10.1. The van der Waals surface area contributed by atoms with Gasteiger partial charge in [0.05, 0.1) is 12.1 Å². The molecule has 0 saturated carbocycles. The molecule has 6 heteroatoms. The van der Waals surface area contributed by atoms with Gasteiger partial charge in [-0.25, -0.2) is 4.39 Å². The topological polar surface area (TPSA) is 27.0 Å². The van der Waals surface area contributed by atoms with Gasteiger partial charge in [-0.1, -0.05) is 13.0 Å². The van der Waals surface area contributed by atoms with Gasteiger partial charge in [0.1, 0.15) is 11.9 Å². The van der Waals surface area contributed by atoms with Crippen LogP contribution in [-0.2, 0) is 6.54 Å². The fraction of sp³-hybridized carbons (Fsp3) is 0.462. The first kappa shape index (κ1) is 15.4. The van der Waals surface area contributed by atoms with E-state index in [1.165, 1.54) is 17.0 Å². The van der Waals surface area contributed by atoms with Crippen LogP contribution in [0.1, 0.15) is 24.5 Å². The van der Waals surface area contributed by atoms with Gasteiger partial charge < -0.3 is 0 Å². The summed E-state index contributed by atoms with van der Waals surface area (Å²) < 4.78 is 50.3. The Kier molecular flexibility index (Phi) is 5.31. The van der Waals surface area contributed by atoms with Crippen LogP contribution in [0.4, 0.5) is 17.6 Å². The fourth-order valence-corrected chi connectivity index (χ4v) is 1.80. The van der Waals surface area contributed by atoms with Crippen molar-refractivity contribution in [2.75, 3.05) is 13.1 Å². The molecule has 2 nitrogen and oxygen atoms in total. The fourth-order valence-electron chi connectivity index (χ4n) is 1.80. The van der Waals surface area contributed by atoms with Gasteiger partial charge in [0, 0.05) is 6.54 Å². The van der Waals surface area contributed by atoms with E-state index in [0.717, 1.165) is 6.07 Å². The van der Waals surface area contributed by atoms with E-state index >= 15 is 0 Å². The second-order valence-corrected chi connectivity index (χ2v) is 4.25. The van der Waals surface area contributed by atoms with Crippen LogP contribution < -0.4 is 0 Å². The van der Waals surface area contributed by atoms with Gasteiger partial charge in [-0.05, 0) is 30.7 Å². The second-order valence-electron chi connectivity index (χ2n) is 4.25. The van der Waals surface area contributed by atoms with E-state index in [4.69, 9.17) is 5.26 Å². The molecule has 0 heterocycles. The van der Waals surface area contributed by atoms with Gasteiger partial charge in [-0.15, -0.1) is 0 Å². The summed E-state index contributed by atoms with van der Waals surface area (Å²) in [5.41, 5.74) is 0.344. The van der Waals surface area contributed by atoms with Crippen molar-refractivity contribution in [1.29, 1.82) is 5.26 Å². The molecule has 0 amide bonds. The van der Waals surface area contributed by atoms with Gasteiger partial charge in [-0.2, -0.15) is 18.4 Å². The number of hydrogen-bond donors (Lipinski definition) is 0. The molecule has 0 unspecified atom stereocenters. The van der Waals surface area contributed by atoms with Crippen LogP contribution in [0.2, 0.25) is 0 Å². The smallest absolute Gasteiger partial charge is 0.291 e. The molecule has 0 aliphatic carbocycles. The van der Waals surface area contributed by atoms with Gasteiger partial charge >= 0.3 is 6.18 Å². The molecule has 0 aliphatic heterocycles. The highest BCUT2D eigenvalue weighted by Gasteiger charge is 2.30. The van der Waals surface area contributed by atoms with Crippen molar-refractivity contribution in [3.05, 3.63) is 35.1 Å². The molecule has 104 valence electrons. The minimum absolute atomic E-state index is 0.0440. The van der Waals surface area contributed by atoms with Crippen molar-refractivity contribution in [3.63, 3.8) is 0 Å². The molecular formula is C13H14F4N2. The van der Waals surface area contributed by atoms with Crippen LogP contribution in [-0.4, -0.2) is 24.2 Å². The number of rotatable bonds is 5. The van der Waals surface area contributed by atoms with Crippen molar-refractivity contribution in [1.82, 2.24) is 4.90 Å². The minimum Gasteiger partial charge on any atom is -0.291 e. The SMILES string of the molecule is CCCN(Cc1ccc(F)c(C#N)c1)CC(F)(F)F. The van der Waals surface area contributed by atoms with Crippen LogP contribution >= 0.6 is 0 Å². The molecule has 19 heavy (non-hydrogen) atoms. The Morgan fingerprint density at radius 2 is 2.00 bits per heavy atom. The molecule has 1 rings (SSSR count). The molecule has 0 aliphatic rings. The summed E-state index contributed by atoms with van der Waals surface area (Å²) in [7, 11) is 0. The van der Waals surface area contributed by atoms with Crippen molar-refractivity contribution in [2.45, 2.75) is 26.1 Å². The van der Waals surface area contributed by atoms with Crippen LogP contribution in [0.15, 0.2) is 18.2 Å². The molecule has 1 aromatic carbocycles. The van der Waals surface area contributed by atoms with E-state index in [9.17, 15) is 17.6 Å². The molecule has 0 atom stereocenters. The average Bonchev–Trinajstić information content (AvgIpc) is 2.30. The minimum atomic E-state index is -4.27. The molecule has 0 N–H and O–H groups in total. The molecule has 0 aromatic heterocycles. The van der Waals surface area contributed by atoms with Crippen LogP contribution in [0.25, 0.3) is 0 Å². The third-order valence-corrected chi connectivity index (χ3v) is 2.50. The zero-order valence-corrected chi connectivity index (χ0v) is 10.5. The average molecular weight is 274 g/mol. The summed E-state index contributed by atoms with van der Waals surface area (Å²) in [6.45, 7) is 1.11. The van der Waals surface area contributed by atoms with E-state index in [1.807, 2.05) is 0 Å². The molecule has 0 spiro atoms. The van der Waals surface area contributed by atoms with E-state index in [1.54, 1.807) is 13.0 Å². The van der Waals surface area contributed by atoms with Gasteiger partial charge in [-0.3, -0.25) is 4.90 Å². The molecule has 0 saturated heterocycles. The zero-order valence-electron chi connectivity index (χ0n) is 10.5. The second kappa shape index (κ2) is 6.53. The molecule has 1 aromatic rings. The first-order valence-corrected chi connectivity index (χ1v) is 5.83. The summed E-state index contributed by atoms with van der Waals surface area (Å²) >= 11 is 0. The first-order chi connectivity index (χ1) is 8.85. The summed E-state index contributed by atoms with van der Waals surface area (Å²) in [5.74, 6) is -0.663. The maximum atomic E-state index is 13.1. The predicted molar refractivity (Wildman–Crippen MR) is 62.7 cm³/mol. The largest absolute Gasteiger partial charge is 0.401 e. The van der Waals surface area contributed by atoms with E-state index < -0.39 is 18.5 Å². The Morgan fingerprint density at radius 1 is 1.32 bits per heavy atom. The number of hydrogen-bond acceptors (Lipinski definition) is 2. The van der Waals surface area contributed by atoms with E-state index in [2.05, 4.69) is 0 Å². The summed E-state index contributed by atoms with van der Waals surface area (Å²) in [6, 6.07) is 5.46. The standard InChI is InChI=1S/C13H14F4N2/c1-2-5-19(9-13(15,16)17)8-10-3-4-12(14)11(6-10)7-18/h3-4,6H,2,5,8-9H2,1H3. The lowest BCUT2D eigenvalue weighted by Gasteiger charge is -2.23. The number of benzene rings is 1. The number of alkyl halides is 3. The maximum absolute atomic E-state index is 13.1. The Balaban J connectivity index is 2.82. The van der Waals surface area contributed by atoms with Crippen molar-refractivity contribution in [3.8, 4) is 6.07 Å². The molecule has 0 fully saturated rings. The van der Waals surface area contributed by atoms with Gasteiger partial charge in [0.2, 0.25) is 0 Å². The Morgan fingerprint density at radius 3 is 2.53 bits per heavy atom. The monoisotopic (exact) mass is 274 g/mol. The third-order valence-electron chi connectivity index (χ3n) is 2.50. The Bertz CT molecular complexity index is 463. The quantitative estimate of drug-likeness (QED) is 0.769. The maximum Gasteiger partial charge on any atom is 0.401 e. The van der Waals surface area contributed by atoms with Crippen LogP contribution in [0, 0.1) is 17.1 Å². The Hall–Kier alpha value is -1.61. The van der Waals surface area contributed by atoms with E-state index in [-0.39, 0.29) is 12.1 Å². The normalized spacial score (nSPS) is 11.6. The highest BCUT2D eigenvalue weighted by atomic mass is 19.4. The first-order valence-electron chi connectivity index (χ1n) is 5.83. The third kappa shape index (κ3) is 5.26. The van der Waals surface area contributed by atoms with Crippen molar-refractivity contribution in [2.24, 2.45) is 0 Å². The highest BCUT2D eigenvalue weighted by molar-refractivity contribution is 5.34. The highest BCUT2D eigenvalue weighted by Crippen LogP contribution is 2.19. The zero-order chi connectivity index (χ0) is 14.5. The van der Waals surface area contributed by atoms with Crippen LogP contribution in [0.5, 0.6) is 0 Å². The molecule has 0 radical (unpaired) electrons. The lowest BCUT2D eigenvalue weighted by Crippen LogP contribution is -2.34. The van der Waals surface area contributed by atoms with Crippen LogP contribution in [0.3, 0.4) is 0 Å². The molecule has 0 bridgehead atoms. The lowest BCUT2D eigenvalue weighted by molar-refractivity contribution is -0.147. The van der Waals surface area contributed by atoms with Crippen molar-refractivity contribution < 1.29 is 17.6 Å².